The number of halogens is 1. The molecule has 2 aromatic rings. The highest BCUT2D eigenvalue weighted by Gasteiger charge is 2.05. The molecule has 26 heavy (non-hydrogen) atoms. The number of carbonyl (C=O) groups excluding carboxylic acids is 2. The molecule has 2 rings (SSSR count). The first kappa shape index (κ1) is 20.1. The first-order valence-electron chi connectivity index (χ1n) is 8.16. The van der Waals surface area contributed by atoms with E-state index in [1.54, 1.807) is 0 Å². The van der Waals surface area contributed by atoms with Crippen molar-refractivity contribution in [2.24, 2.45) is 0 Å². The molecular weight excluding hydrogens is 356 g/mol. The summed E-state index contributed by atoms with van der Waals surface area (Å²) in [5.41, 5.74) is 3.86. The van der Waals surface area contributed by atoms with Gasteiger partial charge in [0.15, 0.2) is 0 Å². The Bertz CT molecular complexity index is 744. The van der Waals surface area contributed by atoms with Crippen LogP contribution >= 0.6 is 11.6 Å². The van der Waals surface area contributed by atoms with E-state index in [1.807, 2.05) is 55.5 Å². The molecule has 0 heterocycles. The number of carbonyl (C=O) groups is 2. The zero-order chi connectivity index (χ0) is 18.8. The second-order valence-electron chi connectivity index (χ2n) is 5.81. The fourth-order valence-corrected chi connectivity index (χ4v) is 2.40. The van der Waals surface area contributed by atoms with Crippen LogP contribution in [0.25, 0.3) is 0 Å². The summed E-state index contributed by atoms with van der Waals surface area (Å²) in [6, 6.07) is 15.3. The van der Waals surface area contributed by atoms with Crippen LogP contribution in [-0.4, -0.2) is 24.4 Å². The molecular formula is C20H21ClO5. The van der Waals surface area contributed by atoms with Crippen molar-refractivity contribution in [3.05, 3.63) is 70.8 Å². The van der Waals surface area contributed by atoms with E-state index in [2.05, 4.69) is 0 Å². The fraction of sp³-hybridized carbons (Fsp3) is 0.300. The normalized spacial score (nSPS) is 10.5. The lowest BCUT2D eigenvalue weighted by atomic mass is 10.1. The summed E-state index contributed by atoms with van der Waals surface area (Å²) in [5, 5.41) is -0.541. The van der Waals surface area contributed by atoms with Crippen molar-refractivity contribution in [2.75, 3.05) is 13.2 Å². The Balaban J connectivity index is 1.70. The first-order chi connectivity index (χ1) is 12.5. The molecule has 0 aromatic heterocycles. The second kappa shape index (κ2) is 10.7. The predicted octanol–water partition coefficient (Wildman–Crippen LogP) is 3.54. The predicted molar refractivity (Wildman–Crippen MR) is 97.6 cm³/mol. The molecule has 0 radical (unpaired) electrons. The van der Waals surface area contributed by atoms with Crippen molar-refractivity contribution in [3.63, 3.8) is 0 Å². The number of esters is 1. The first-order valence-corrected chi connectivity index (χ1v) is 8.53. The zero-order valence-electron chi connectivity index (χ0n) is 14.6. The van der Waals surface area contributed by atoms with Gasteiger partial charge in [0.05, 0.1) is 13.2 Å². The lowest BCUT2D eigenvalue weighted by molar-refractivity contribution is -0.150. The van der Waals surface area contributed by atoms with Crippen molar-refractivity contribution in [2.45, 2.75) is 26.7 Å². The number of aryl methyl sites for hydroxylation is 1. The Morgan fingerprint density at radius 2 is 1.42 bits per heavy atom. The molecule has 0 saturated heterocycles. The molecule has 138 valence electrons. The molecule has 0 fully saturated rings. The van der Waals surface area contributed by atoms with E-state index in [0.29, 0.717) is 6.61 Å². The van der Waals surface area contributed by atoms with E-state index in [0.717, 1.165) is 22.3 Å². The lowest BCUT2D eigenvalue weighted by Crippen LogP contribution is -2.12. The van der Waals surface area contributed by atoms with E-state index in [9.17, 15) is 9.59 Å². The minimum absolute atomic E-state index is 0.103. The van der Waals surface area contributed by atoms with Crippen LogP contribution in [0.3, 0.4) is 0 Å². The molecule has 0 amide bonds. The van der Waals surface area contributed by atoms with Gasteiger partial charge in [-0.15, -0.1) is 0 Å². The summed E-state index contributed by atoms with van der Waals surface area (Å²) in [5.74, 6) is -0.424. The number of benzene rings is 2. The number of rotatable bonds is 10. The van der Waals surface area contributed by atoms with Gasteiger partial charge in [0, 0.05) is 0 Å². The smallest absolute Gasteiger partial charge is 0.332 e. The van der Waals surface area contributed by atoms with Crippen LogP contribution in [-0.2, 0) is 43.6 Å². The maximum Gasteiger partial charge on any atom is 0.332 e. The lowest BCUT2D eigenvalue weighted by Gasteiger charge is -2.08. The molecule has 0 unspecified atom stereocenters. The van der Waals surface area contributed by atoms with Crippen molar-refractivity contribution < 1.29 is 23.8 Å². The molecule has 0 aliphatic carbocycles. The van der Waals surface area contributed by atoms with Gasteiger partial charge in [-0.2, -0.15) is 0 Å². The van der Waals surface area contributed by atoms with Gasteiger partial charge < -0.3 is 14.2 Å². The van der Waals surface area contributed by atoms with Crippen LogP contribution in [0.15, 0.2) is 48.5 Å². The number of ether oxygens (including phenoxy) is 3. The van der Waals surface area contributed by atoms with Gasteiger partial charge in [-0.3, -0.25) is 4.79 Å². The topological polar surface area (TPSA) is 61.8 Å². The van der Waals surface area contributed by atoms with Crippen molar-refractivity contribution in [1.29, 1.82) is 0 Å². The van der Waals surface area contributed by atoms with Gasteiger partial charge in [0.2, 0.25) is 5.24 Å². The highest BCUT2D eigenvalue weighted by molar-refractivity contribution is 6.63. The van der Waals surface area contributed by atoms with Crippen LogP contribution in [0.1, 0.15) is 22.3 Å². The summed E-state index contributed by atoms with van der Waals surface area (Å²) in [6.45, 7) is 2.54. The number of hydrogen-bond acceptors (Lipinski definition) is 5. The standard InChI is InChI=1S/C20H21ClO5/c1-15-4-2-5-16(8-15)10-25-14-20(23)26-12-18-7-3-6-17(9-18)11-24-13-19(21)22/h2-9H,10-14H2,1H3. The van der Waals surface area contributed by atoms with Crippen LogP contribution in [0.2, 0.25) is 0 Å². The highest BCUT2D eigenvalue weighted by atomic mass is 35.5. The van der Waals surface area contributed by atoms with E-state index in [4.69, 9.17) is 25.8 Å². The quantitative estimate of drug-likeness (QED) is 0.469. The number of hydrogen-bond donors (Lipinski definition) is 0. The molecule has 6 heteroatoms. The monoisotopic (exact) mass is 376 g/mol. The summed E-state index contributed by atoms with van der Waals surface area (Å²) in [6.07, 6.45) is 0. The van der Waals surface area contributed by atoms with Crippen LogP contribution < -0.4 is 0 Å². The molecule has 0 aliphatic rings. The Morgan fingerprint density at radius 1 is 0.846 bits per heavy atom. The Labute approximate surface area is 157 Å². The van der Waals surface area contributed by atoms with Gasteiger partial charge in [-0.25, -0.2) is 4.79 Å². The summed E-state index contributed by atoms with van der Waals surface area (Å²) >= 11 is 5.22. The van der Waals surface area contributed by atoms with E-state index >= 15 is 0 Å². The van der Waals surface area contributed by atoms with E-state index in [-0.39, 0.29) is 26.4 Å². The van der Waals surface area contributed by atoms with Gasteiger partial charge >= 0.3 is 5.97 Å². The Hall–Kier alpha value is -2.21. The molecule has 5 nitrogen and oxygen atoms in total. The highest BCUT2D eigenvalue weighted by Crippen LogP contribution is 2.09. The van der Waals surface area contributed by atoms with Crippen molar-refractivity contribution in [1.82, 2.24) is 0 Å². The fourth-order valence-electron chi connectivity index (χ4n) is 2.32. The van der Waals surface area contributed by atoms with Crippen LogP contribution in [0.5, 0.6) is 0 Å². The van der Waals surface area contributed by atoms with Gasteiger partial charge in [-0.1, -0.05) is 54.1 Å². The Morgan fingerprint density at radius 3 is 2.08 bits per heavy atom. The van der Waals surface area contributed by atoms with Gasteiger partial charge in [0.25, 0.3) is 0 Å². The third-order valence-electron chi connectivity index (χ3n) is 3.45. The Kier molecular flexibility index (Phi) is 8.28. The van der Waals surface area contributed by atoms with Crippen LogP contribution in [0.4, 0.5) is 0 Å². The molecule has 2 aromatic carbocycles. The van der Waals surface area contributed by atoms with Crippen molar-refractivity contribution in [3.8, 4) is 0 Å². The van der Waals surface area contributed by atoms with Gasteiger partial charge in [-0.05, 0) is 35.2 Å². The average Bonchev–Trinajstić information content (AvgIpc) is 2.60. The second-order valence-corrected chi connectivity index (χ2v) is 6.23. The van der Waals surface area contributed by atoms with E-state index < -0.39 is 11.2 Å². The minimum Gasteiger partial charge on any atom is -0.459 e. The van der Waals surface area contributed by atoms with Crippen molar-refractivity contribution >= 4 is 22.8 Å². The SMILES string of the molecule is Cc1cccc(COCC(=O)OCc2cccc(COCC(=O)Cl)c2)c1. The summed E-state index contributed by atoms with van der Waals surface area (Å²) in [7, 11) is 0. The average molecular weight is 377 g/mol. The molecule has 0 aliphatic heterocycles. The maximum absolute atomic E-state index is 11.8. The molecule has 0 atom stereocenters. The van der Waals surface area contributed by atoms with E-state index in [1.165, 1.54) is 0 Å². The van der Waals surface area contributed by atoms with Crippen LogP contribution in [0, 0.1) is 6.92 Å². The largest absolute Gasteiger partial charge is 0.459 e. The zero-order valence-corrected chi connectivity index (χ0v) is 15.3. The maximum atomic E-state index is 11.8. The summed E-state index contributed by atoms with van der Waals surface area (Å²) in [4.78, 5) is 22.4. The van der Waals surface area contributed by atoms with Gasteiger partial charge in [0.1, 0.15) is 19.8 Å². The molecule has 0 spiro atoms. The third-order valence-corrected chi connectivity index (χ3v) is 3.56. The summed E-state index contributed by atoms with van der Waals surface area (Å²) < 4.78 is 15.7. The third kappa shape index (κ3) is 7.78. The minimum atomic E-state index is -0.541. The molecule has 0 saturated carbocycles. The molecule has 0 bridgehead atoms. The molecule has 0 N–H and O–H groups in total.